The quantitative estimate of drug-likeness (QED) is 0.661. The number of ether oxygens (including phenoxy) is 1. The molecule has 0 aromatic carbocycles. The van der Waals surface area contributed by atoms with Gasteiger partial charge in [0.1, 0.15) is 0 Å². The average Bonchev–Trinajstić information content (AvgIpc) is 2.06. The Morgan fingerprint density at radius 3 is 1.67 bits per heavy atom. The number of carbonyl (C=O) groups is 2. The predicted molar refractivity (Wildman–Crippen MR) is 44.9 cm³/mol. The fraction of sp³-hybridized carbons (Fsp3) is 0.750. The molecule has 0 spiro atoms. The van der Waals surface area contributed by atoms with E-state index in [2.05, 4.69) is 4.74 Å². The predicted octanol–water partition coefficient (Wildman–Crippen LogP) is 1.44. The van der Waals surface area contributed by atoms with E-state index >= 15 is 0 Å². The zero-order valence-corrected chi connectivity index (χ0v) is 7.79. The molecule has 72 valence electrons. The van der Waals surface area contributed by atoms with E-state index < -0.39 is 5.97 Å². The molecule has 0 saturated carbocycles. The molecule has 0 fully saturated rings. The standard InChI is InChI=1S/C5H10O2.C3H6O2/c1-3-5(6)7-4-2;1-2-3(4)5/h3-4H2,1-2H3;2H2,1H3,(H,4,5). The van der Waals surface area contributed by atoms with E-state index in [-0.39, 0.29) is 12.4 Å². The number of carboxylic acid groups (broad SMARTS) is 1. The Morgan fingerprint density at radius 1 is 1.17 bits per heavy atom. The van der Waals surface area contributed by atoms with Gasteiger partial charge in [-0.3, -0.25) is 9.59 Å². The van der Waals surface area contributed by atoms with Gasteiger partial charge in [0.05, 0.1) is 6.61 Å². The third-order valence-electron chi connectivity index (χ3n) is 0.896. The first kappa shape index (κ1) is 13.5. The lowest BCUT2D eigenvalue weighted by Gasteiger charge is -1.93. The maximum Gasteiger partial charge on any atom is 0.305 e. The van der Waals surface area contributed by atoms with E-state index in [9.17, 15) is 9.59 Å². The van der Waals surface area contributed by atoms with Crippen LogP contribution in [0.2, 0.25) is 0 Å². The maximum atomic E-state index is 10.2. The zero-order chi connectivity index (χ0) is 9.98. The van der Waals surface area contributed by atoms with Crippen molar-refractivity contribution < 1.29 is 19.4 Å². The third-order valence-corrected chi connectivity index (χ3v) is 0.896. The van der Waals surface area contributed by atoms with Gasteiger partial charge >= 0.3 is 11.9 Å². The summed E-state index contributed by atoms with van der Waals surface area (Å²) in [6.45, 7) is 5.67. The minimum absolute atomic E-state index is 0.123. The Balaban J connectivity index is 0. The van der Waals surface area contributed by atoms with Gasteiger partial charge < -0.3 is 9.84 Å². The molecule has 0 atom stereocenters. The summed E-state index contributed by atoms with van der Waals surface area (Å²) in [6.07, 6.45) is 0.702. The molecule has 0 saturated heterocycles. The molecular weight excluding hydrogens is 160 g/mol. The van der Waals surface area contributed by atoms with E-state index in [0.717, 1.165) is 0 Å². The lowest BCUT2D eigenvalue weighted by molar-refractivity contribution is -0.142. The minimum atomic E-state index is -0.745. The maximum absolute atomic E-state index is 10.2. The Bertz CT molecular complexity index is 131. The number of rotatable bonds is 3. The summed E-state index contributed by atoms with van der Waals surface area (Å²) in [5.41, 5.74) is 0. The van der Waals surface area contributed by atoms with E-state index in [1.807, 2.05) is 0 Å². The second-order valence-electron chi connectivity index (χ2n) is 1.91. The summed E-state index contributed by atoms with van der Waals surface area (Å²) < 4.78 is 4.55. The zero-order valence-electron chi connectivity index (χ0n) is 7.79. The van der Waals surface area contributed by atoms with Crippen LogP contribution in [-0.4, -0.2) is 23.7 Å². The molecule has 4 nitrogen and oxygen atoms in total. The highest BCUT2D eigenvalue weighted by molar-refractivity contribution is 5.68. The SMILES string of the molecule is CCC(=O)O.CCOC(=O)CC. The summed E-state index contributed by atoms with van der Waals surface area (Å²) in [7, 11) is 0. The fourth-order valence-corrected chi connectivity index (χ4v) is 0.263. The molecule has 0 rings (SSSR count). The lowest BCUT2D eigenvalue weighted by Crippen LogP contribution is -2.00. The van der Waals surface area contributed by atoms with Crippen LogP contribution in [0.4, 0.5) is 0 Å². The second kappa shape index (κ2) is 9.94. The molecule has 0 radical (unpaired) electrons. The first-order chi connectivity index (χ1) is 5.58. The van der Waals surface area contributed by atoms with Crippen molar-refractivity contribution in [3.8, 4) is 0 Å². The number of hydrogen-bond acceptors (Lipinski definition) is 3. The van der Waals surface area contributed by atoms with Crippen molar-refractivity contribution in [3.63, 3.8) is 0 Å². The highest BCUT2D eigenvalue weighted by Gasteiger charge is 1.91. The van der Waals surface area contributed by atoms with Crippen molar-refractivity contribution in [2.45, 2.75) is 33.6 Å². The fourth-order valence-electron chi connectivity index (χ4n) is 0.263. The minimum Gasteiger partial charge on any atom is -0.481 e. The van der Waals surface area contributed by atoms with Crippen molar-refractivity contribution >= 4 is 11.9 Å². The summed E-state index contributed by atoms with van der Waals surface area (Å²) >= 11 is 0. The van der Waals surface area contributed by atoms with Gasteiger partial charge in [0, 0.05) is 12.8 Å². The van der Waals surface area contributed by atoms with Crippen LogP contribution in [0.25, 0.3) is 0 Å². The van der Waals surface area contributed by atoms with Gasteiger partial charge in [-0.05, 0) is 6.92 Å². The van der Waals surface area contributed by atoms with E-state index in [1.165, 1.54) is 0 Å². The Hall–Kier alpha value is -1.06. The number of aliphatic carboxylic acids is 1. The van der Waals surface area contributed by atoms with Gasteiger partial charge in [0.25, 0.3) is 0 Å². The van der Waals surface area contributed by atoms with Crippen molar-refractivity contribution in [1.82, 2.24) is 0 Å². The summed E-state index contributed by atoms with van der Waals surface area (Å²) in [5, 5.41) is 7.72. The second-order valence-corrected chi connectivity index (χ2v) is 1.91. The molecule has 0 aliphatic rings. The van der Waals surface area contributed by atoms with Gasteiger partial charge in [-0.1, -0.05) is 13.8 Å². The molecule has 1 N–H and O–H groups in total. The highest BCUT2D eigenvalue weighted by atomic mass is 16.5. The number of carbonyl (C=O) groups excluding carboxylic acids is 1. The van der Waals surface area contributed by atoms with Crippen molar-refractivity contribution in [3.05, 3.63) is 0 Å². The molecule has 0 aromatic heterocycles. The molecular formula is C8H16O4. The van der Waals surface area contributed by atoms with Gasteiger partial charge in [0.15, 0.2) is 0 Å². The molecule has 0 aliphatic carbocycles. The van der Waals surface area contributed by atoms with Crippen molar-refractivity contribution in [2.75, 3.05) is 6.61 Å². The van der Waals surface area contributed by atoms with Gasteiger partial charge in [-0.15, -0.1) is 0 Å². The Kier molecular flexibility index (Phi) is 11.2. The molecule has 0 heterocycles. The van der Waals surface area contributed by atoms with Crippen molar-refractivity contribution in [1.29, 1.82) is 0 Å². The Morgan fingerprint density at radius 2 is 1.58 bits per heavy atom. The van der Waals surface area contributed by atoms with Crippen LogP contribution in [0.15, 0.2) is 0 Å². The van der Waals surface area contributed by atoms with E-state index in [1.54, 1.807) is 20.8 Å². The molecule has 4 heteroatoms. The van der Waals surface area contributed by atoms with Gasteiger partial charge in [-0.25, -0.2) is 0 Å². The number of hydrogen-bond donors (Lipinski definition) is 1. The average molecular weight is 176 g/mol. The Labute approximate surface area is 72.5 Å². The highest BCUT2D eigenvalue weighted by Crippen LogP contribution is 1.80. The third kappa shape index (κ3) is 16.0. The number of carboxylic acids is 1. The normalized spacial score (nSPS) is 7.92. The first-order valence-electron chi connectivity index (χ1n) is 3.95. The molecule has 12 heavy (non-hydrogen) atoms. The molecule has 0 aromatic rings. The van der Waals surface area contributed by atoms with Crippen LogP contribution in [0.3, 0.4) is 0 Å². The lowest BCUT2D eigenvalue weighted by atomic mass is 10.5. The van der Waals surface area contributed by atoms with E-state index in [4.69, 9.17) is 5.11 Å². The number of esters is 1. The smallest absolute Gasteiger partial charge is 0.305 e. The van der Waals surface area contributed by atoms with E-state index in [0.29, 0.717) is 13.0 Å². The topological polar surface area (TPSA) is 63.6 Å². The van der Waals surface area contributed by atoms with Gasteiger partial charge in [0.2, 0.25) is 0 Å². The summed E-state index contributed by atoms with van der Waals surface area (Å²) in [4.78, 5) is 19.6. The summed E-state index contributed by atoms with van der Waals surface area (Å²) in [5.74, 6) is -0.868. The van der Waals surface area contributed by atoms with Crippen LogP contribution in [0.5, 0.6) is 0 Å². The van der Waals surface area contributed by atoms with Crippen LogP contribution in [0, 0.1) is 0 Å². The molecule has 0 amide bonds. The molecule has 0 unspecified atom stereocenters. The monoisotopic (exact) mass is 176 g/mol. The van der Waals surface area contributed by atoms with Crippen LogP contribution in [-0.2, 0) is 14.3 Å². The summed E-state index contributed by atoms with van der Waals surface area (Å²) in [6, 6.07) is 0. The van der Waals surface area contributed by atoms with Crippen LogP contribution >= 0.6 is 0 Å². The molecule has 0 aliphatic heterocycles. The molecule has 0 bridgehead atoms. The van der Waals surface area contributed by atoms with Gasteiger partial charge in [-0.2, -0.15) is 0 Å². The van der Waals surface area contributed by atoms with Crippen molar-refractivity contribution in [2.24, 2.45) is 0 Å². The first-order valence-corrected chi connectivity index (χ1v) is 3.95. The van der Waals surface area contributed by atoms with Crippen LogP contribution in [0.1, 0.15) is 33.6 Å². The largest absolute Gasteiger partial charge is 0.481 e. The van der Waals surface area contributed by atoms with Crippen LogP contribution < -0.4 is 0 Å².